The van der Waals surface area contributed by atoms with E-state index >= 15 is 0 Å². The minimum absolute atomic E-state index is 0.951. The molecule has 0 saturated heterocycles. The van der Waals surface area contributed by atoms with Gasteiger partial charge in [0, 0.05) is 0 Å². The molecule has 0 spiro atoms. The van der Waals surface area contributed by atoms with E-state index < -0.39 is 0 Å². The van der Waals surface area contributed by atoms with E-state index in [0.29, 0.717) is 0 Å². The van der Waals surface area contributed by atoms with Gasteiger partial charge in [-0.2, -0.15) is 0 Å². The second kappa shape index (κ2) is 6.08. The fourth-order valence-electron chi connectivity index (χ4n) is 4.26. The number of allylic oxidation sites excluding steroid dienone is 4. The van der Waals surface area contributed by atoms with Crippen LogP contribution >= 0.6 is 0 Å². The normalized spacial score (nSPS) is 39.6. The quantitative estimate of drug-likeness (QED) is 0.505. The topological polar surface area (TPSA) is 0 Å². The Bertz CT molecular complexity index is 300. The average molecular weight is 244 g/mol. The van der Waals surface area contributed by atoms with E-state index in [-0.39, 0.29) is 0 Å². The molecule has 1 saturated carbocycles. The fourth-order valence-corrected chi connectivity index (χ4v) is 4.26. The Hall–Kier alpha value is -0.520. The van der Waals surface area contributed by atoms with Crippen molar-refractivity contribution in [1.29, 1.82) is 0 Å². The van der Waals surface area contributed by atoms with Gasteiger partial charge in [0.1, 0.15) is 0 Å². The van der Waals surface area contributed by atoms with Crippen molar-refractivity contribution in [2.75, 3.05) is 0 Å². The number of rotatable bonds is 0. The molecule has 0 aliphatic heterocycles. The van der Waals surface area contributed by atoms with Gasteiger partial charge < -0.3 is 0 Å². The van der Waals surface area contributed by atoms with Crippen LogP contribution in [0.3, 0.4) is 0 Å². The zero-order valence-electron chi connectivity index (χ0n) is 11.8. The molecule has 0 bridgehead atoms. The minimum atomic E-state index is 0.951. The molecular weight excluding hydrogens is 216 g/mol. The maximum Gasteiger partial charge on any atom is -0.00935 e. The lowest BCUT2D eigenvalue weighted by Gasteiger charge is -2.43. The van der Waals surface area contributed by atoms with Crippen LogP contribution in [0.2, 0.25) is 0 Å². The van der Waals surface area contributed by atoms with E-state index in [9.17, 15) is 0 Å². The third-order valence-electron chi connectivity index (χ3n) is 5.28. The zero-order valence-corrected chi connectivity index (χ0v) is 11.8. The largest absolute Gasteiger partial charge is 0.0807 e. The van der Waals surface area contributed by atoms with Crippen LogP contribution in [-0.4, -0.2) is 0 Å². The highest BCUT2D eigenvalue weighted by atomic mass is 14.4. The van der Waals surface area contributed by atoms with E-state index in [1.54, 1.807) is 11.1 Å². The molecule has 1 fully saturated rings. The monoisotopic (exact) mass is 244 g/mol. The Labute approximate surface area is 113 Å². The minimum Gasteiger partial charge on any atom is -0.0807 e. The van der Waals surface area contributed by atoms with Crippen molar-refractivity contribution in [3.63, 3.8) is 0 Å². The summed E-state index contributed by atoms with van der Waals surface area (Å²) < 4.78 is 0. The van der Waals surface area contributed by atoms with Crippen LogP contribution in [0.15, 0.2) is 23.3 Å². The molecule has 0 amide bonds. The van der Waals surface area contributed by atoms with Gasteiger partial charge in [0.2, 0.25) is 0 Å². The zero-order chi connectivity index (χ0) is 12.2. The summed E-state index contributed by atoms with van der Waals surface area (Å²) in [5.74, 6) is 1.90. The standard InChI is InChI=1S/C18H28/c1-3-7-11-15-16(12-8-4-1)18-14-10-6-2-5-9-13-17(15)18/h11,13,16,18H,1-10,12,14H2/b15-11-,17-13+. The van der Waals surface area contributed by atoms with Gasteiger partial charge in [-0.3, -0.25) is 0 Å². The molecule has 0 heterocycles. The van der Waals surface area contributed by atoms with Gasteiger partial charge in [0.25, 0.3) is 0 Å². The van der Waals surface area contributed by atoms with Crippen molar-refractivity contribution in [3.05, 3.63) is 23.3 Å². The van der Waals surface area contributed by atoms with E-state index in [1.165, 1.54) is 77.0 Å². The Morgan fingerprint density at radius 3 is 1.50 bits per heavy atom. The van der Waals surface area contributed by atoms with Gasteiger partial charge in [-0.05, 0) is 61.5 Å². The van der Waals surface area contributed by atoms with Crippen LogP contribution in [0, 0.1) is 11.8 Å². The van der Waals surface area contributed by atoms with Crippen molar-refractivity contribution >= 4 is 0 Å². The SMILES string of the molecule is C1=C2\C3=C/CCCCCCC3C2CCCCCC/1. The summed E-state index contributed by atoms with van der Waals surface area (Å²) in [6, 6.07) is 0. The lowest BCUT2D eigenvalue weighted by atomic mass is 9.61. The lowest BCUT2D eigenvalue weighted by Crippen LogP contribution is -2.32. The summed E-state index contributed by atoms with van der Waals surface area (Å²) in [6.45, 7) is 0. The van der Waals surface area contributed by atoms with Crippen LogP contribution < -0.4 is 0 Å². The molecule has 0 nitrogen and oxygen atoms in total. The molecule has 2 unspecified atom stereocenters. The third kappa shape index (κ3) is 2.58. The predicted molar refractivity (Wildman–Crippen MR) is 78.6 cm³/mol. The fraction of sp³-hybridized carbons (Fsp3) is 0.778. The summed E-state index contributed by atoms with van der Waals surface area (Å²) in [7, 11) is 0. The summed E-state index contributed by atoms with van der Waals surface area (Å²) >= 11 is 0. The van der Waals surface area contributed by atoms with Crippen LogP contribution in [0.4, 0.5) is 0 Å². The van der Waals surface area contributed by atoms with Crippen molar-refractivity contribution in [3.8, 4) is 0 Å². The van der Waals surface area contributed by atoms with E-state index in [0.717, 1.165) is 11.8 Å². The van der Waals surface area contributed by atoms with Gasteiger partial charge in [0.15, 0.2) is 0 Å². The molecule has 0 aromatic carbocycles. The molecule has 0 aromatic rings. The second-order valence-electron chi connectivity index (χ2n) is 6.52. The Balaban J connectivity index is 1.77. The summed E-state index contributed by atoms with van der Waals surface area (Å²) in [5.41, 5.74) is 3.56. The Morgan fingerprint density at radius 1 is 0.556 bits per heavy atom. The molecule has 100 valence electrons. The Kier molecular flexibility index (Phi) is 4.23. The average Bonchev–Trinajstić information content (AvgIpc) is 2.53. The smallest absolute Gasteiger partial charge is 0.00935 e. The van der Waals surface area contributed by atoms with E-state index in [1.807, 2.05) is 0 Å². The van der Waals surface area contributed by atoms with Gasteiger partial charge in [-0.25, -0.2) is 0 Å². The summed E-state index contributed by atoms with van der Waals surface area (Å²) in [5, 5.41) is 0. The van der Waals surface area contributed by atoms with Crippen molar-refractivity contribution in [2.45, 2.75) is 77.0 Å². The first-order valence-electron chi connectivity index (χ1n) is 8.37. The van der Waals surface area contributed by atoms with Crippen LogP contribution in [0.5, 0.6) is 0 Å². The summed E-state index contributed by atoms with van der Waals surface area (Å²) in [6.07, 6.45) is 22.5. The summed E-state index contributed by atoms with van der Waals surface area (Å²) in [4.78, 5) is 0. The van der Waals surface area contributed by atoms with E-state index in [4.69, 9.17) is 0 Å². The van der Waals surface area contributed by atoms with Crippen LogP contribution in [-0.2, 0) is 0 Å². The first-order chi connectivity index (χ1) is 8.97. The molecular formula is C18H28. The van der Waals surface area contributed by atoms with Crippen LogP contribution in [0.1, 0.15) is 77.0 Å². The highest BCUT2D eigenvalue weighted by Crippen LogP contribution is 2.51. The molecule has 0 radical (unpaired) electrons. The van der Waals surface area contributed by atoms with Gasteiger partial charge in [-0.15, -0.1) is 0 Å². The lowest BCUT2D eigenvalue weighted by molar-refractivity contribution is 0.307. The van der Waals surface area contributed by atoms with E-state index in [2.05, 4.69) is 12.2 Å². The van der Waals surface area contributed by atoms with Gasteiger partial charge in [-0.1, -0.05) is 50.7 Å². The van der Waals surface area contributed by atoms with Crippen molar-refractivity contribution < 1.29 is 0 Å². The molecule has 3 aliphatic carbocycles. The highest BCUT2D eigenvalue weighted by molar-refractivity contribution is 5.46. The first kappa shape index (κ1) is 12.5. The third-order valence-corrected chi connectivity index (χ3v) is 5.28. The Morgan fingerprint density at radius 2 is 1.00 bits per heavy atom. The van der Waals surface area contributed by atoms with Gasteiger partial charge in [0.05, 0.1) is 0 Å². The molecule has 0 N–H and O–H groups in total. The number of hydrogen-bond acceptors (Lipinski definition) is 0. The number of fused-ring (bicyclic) bond motifs is 4. The van der Waals surface area contributed by atoms with Crippen LogP contribution in [0.25, 0.3) is 0 Å². The predicted octanol–water partition coefficient (Wildman–Crippen LogP) is 5.79. The molecule has 3 rings (SSSR count). The highest BCUT2D eigenvalue weighted by Gasteiger charge is 2.39. The second-order valence-corrected chi connectivity index (χ2v) is 6.52. The maximum atomic E-state index is 2.61. The number of hydrogen-bond donors (Lipinski definition) is 0. The molecule has 3 aliphatic rings. The molecule has 18 heavy (non-hydrogen) atoms. The maximum absolute atomic E-state index is 2.61. The molecule has 0 heteroatoms. The molecule has 2 atom stereocenters. The molecule has 0 aromatic heterocycles. The first-order valence-corrected chi connectivity index (χ1v) is 8.37. The van der Waals surface area contributed by atoms with Crippen molar-refractivity contribution in [1.82, 2.24) is 0 Å². The van der Waals surface area contributed by atoms with Gasteiger partial charge >= 0.3 is 0 Å². The van der Waals surface area contributed by atoms with Crippen molar-refractivity contribution in [2.24, 2.45) is 11.8 Å².